The van der Waals surface area contributed by atoms with Crippen LogP contribution in [0.15, 0.2) is 46.6 Å². The van der Waals surface area contributed by atoms with Crippen molar-refractivity contribution in [1.29, 1.82) is 0 Å². The van der Waals surface area contributed by atoms with Crippen molar-refractivity contribution in [2.45, 2.75) is 19.1 Å². The molecule has 118 valence electrons. The lowest BCUT2D eigenvalue weighted by Gasteiger charge is -2.20. The summed E-state index contributed by atoms with van der Waals surface area (Å²) in [7, 11) is 0. The third-order valence-electron chi connectivity index (χ3n) is 3.52. The smallest absolute Gasteiger partial charge is 0.258 e. The van der Waals surface area contributed by atoms with Crippen LogP contribution < -0.4 is 10.9 Å². The van der Waals surface area contributed by atoms with Crippen LogP contribution in [0.2, 0.25) is 0 Å². The van der Waals surface area contributed by atoms with Gasteiger partial charge in [-0.25, -0.2) is 4.98 Å². The molecular formula is C16H15N3O3S. The van der Waals surface area contributed by atoms with Gasteiger partial charge < -0.3 is 15.4 Å². The van der Waals surface area contributed by atoms with Crippen molar-refractivity contribution in [2.75, 3.05) is 0 Å². The first-order valence-electron chi connectivity index (χ1n) is 7.01. The van der Waals surface area contributed by atoms with Gasteiger partial charge in [0.1, 0.15) is 5.82 Å². The van der Waals surface area contributed by atoms with E-state index in [1.807, 2.05) is 0 Å². The van der Waals surface area contributed by atoms with Gasteiger partial charge in [-0.1, -0.05) is 18.2 Å². The molecule has 0 saturated carbocycles. The van der Waals surface area contributed by atoms with E-state index in [0.29, 0.717) is 21.6 Å². The van der Waals surface area contributed by atoms with Crippen LogP contribution in [0.4, 0.5) is 0 Å². The Kier molecular flexibility index (Phi) is 3.97. The zero-order valence-corrected chi connectivity index (χ0v) is 13.2. The molecule has 1 aromatic carbocycles. The number of para-hydroxylation sites is 1. The molecule has 3 aromatic rings. The second-order valence-electron chi connectivity index (χ2n) is 5.26. The van der Waals surface area contributed by atoms with Crippen LogP contribution in [0, 0.1) is 0 Å². The van der Waals surface area contributed by atoms with E-state index in [0.717, 1.165) is 0 Å². The van der Waals surface area contributed by atoms with Gasteiger partial charge in [0.2, 0.25) is 0 Å². The Balaban J connectivity index is 1.78. The average molecular weight is 329 g/mol. The largest absolute Gasteiger partial charge is 0.375 e. The predicted octanol–water partition coefficient (Wildman–Crippen LogP) is 1.51. The van der Waals surface area contributed by atoms with E-state index in [9.17, 15) is 14.7 Å². The summed E-state index contributed by atoms with van der Waals surface area (Å²) in [5.74, 6) is -0.209. The van der Waals surface area contributed by atoms with E-state index in [4.69, 9.17) is 0 Å². The number of amides is 1. The Morgan fingerprint density at radius 3 is 2.87 bits per heavy atom. The van der Waals surface area contributed by atoms with Gasteiger partial charge in [-0.05, 0) is 30.5 Å². The summed E-state index contributed by atoms with van der Waals surface area (Å²) in [4.78, 5) is 31.7. The van der Waals surface area contributed by atoms with Gasteiger partial charge in [-0.15, -0.1) is 11.3 Å². The van der Waals surface area contributed by atoms with Crippen LogP contribution >= 0.6 is 11.3 Å². The maximum atomic E-state index is 12.2. The maximum absolute atomic E-state index is 12.2. The van der Waals surface area contributed by atoms with E-state index in [1.165, 1.54) is 18.3 Å². The van der Waals surface area contributed by atoms with Crippen LogP contribution in [0.3, 0.4) is 0 Å². The molecule has 0 bridgehead atoms. The van der Waals surface area contributed by atoms with E-state index in [2.05, 4.69) is 15.3 Å². The van der Waals surface area contributed by atoms with Gasteiger partial charge in [-0.2, -0.15) is 0 Å². The average Bonchev–Trinajstić information content (AvgIpc) is 3.08. The molecule has 1 atom stereocenters. The number of hydrogen-bond donors (Lipinski definition) is 3. The fourth-order valence-corrected chi connectivity index (χ4v) is 3.01. The number of aromatic amines is 1. The van der Waals surface area contributed by atoms with E-state index >= 15 is 0 Å². The molecule has 7 heteroatoms. The molecule has 0 spiro atoms. The number of fused-ring (bicyclic) bond motifs is 1. The fourth-order valence-electron chi connectivity index (χ4n) is 2.22. The zero-order valence-electron chi connectivity index (χ0n) is 12.4. The van der Waals surface area contributed by atoms with Crippen molar-refractivity contribution in [3.8, 4) is 0 Å². The highest BCUT2D eigenvalue weighted by atomic mass is 32.1. The lowest BCUT2D eigenvalue weighted by molar-refractivity contribution is -0.138. The van der Waals surface area contributed by atoms with Crippen LogP contribution in [0.5, 0.6) is 0 Å². The molecule has 6 nitrogen and oxygen atoms in total. The summed E-state index contributed by atoms with van der Waals surface area (Å²) in [5.41, 5.74) is -1.32. The van der Waals surface area contributed by atoms with Crippen LogP contribution in [0.25, 0.3) is 10.9 Å². The van der Waals surface area contributed by atoms with Crippen molar-refractivity contribution in [3.63, 3.8) is 0 Å². The van der Waals surface area contributed by atoms with Gasteiger partial charge >= 0.3 is 0 Å². The summed E-state index contributed by atoms with van der Waals surface area (Å²) in [5, 5.41) is 15.2. The Morgan fingerprint density at radius 1 is 1.35 bits per heavy atom. The predicted molar refractivity (Wildman–Crippen MR) is 88.1 cm³/mol. The monoisotopic (exact) mass is 329 g/mol. The normalized spacial score (nSPS) is 13.7. The number of nitrogens with zero attached hydrogens (tertiary/aromatic N) is 1. The number of benzene rings is 1. The van der Waals surface area contributed by atoms with Crippen molar-refractivity contribution >= 4 is 28.1 Å². The van der Waals surface area contributed by atoms with Gasteiger partial charge in [0, 0.05) is 4.88 Å². The van der Waals surface area contributed by atoms with Gasteiger partial charge in [0.25, 0.3) is 11.5 Å². The molecule has 3 rings (SSSR count). The molecule has 1 amide bonds. The molecule has 1 unspecified atom stereocenters. The number of aromatic nitrogens is 2. The summed E-state index contributed by atoms with van der Waals surface area (Å²) < 4.78 is 0. The van der Waals surface area contributed by atoms with Crippen molar-refractivity contribution in [2.24, 2.45) is 0 Å². The lowest BCUT2D eigenvalue weighted by Crippen LogP contribution is -2.41. The minimum Gasteiger partial charge on any atom is -0.375 e. The summed E-state index contributed by atoms with van der Waals surface area (Å²) >= 11 is 1.30. The van der Waals surface area contributed by atoms with Crippen LogP contribution in [-0.2, 0) is 16.9 Å². The third-order valence-corrected chi connectivity index (χ3v) is 4.60. The fraction of sp³-hybridized carbons (Fsp3) is 0.188. The molecule has 0 radical (unpaired) electrons. The summed E-state index contributed by atoms with van der Waals surface area (Å²) in [6, 6.07) is 10.4. The topological polar surface area (TPSA) is 95.1 Å². The van der Waals surface area contributed by atoms with E-state index < -0.39 is 11.5 Å². The molecule has 0 aliphatic rings. The highest BCUT2D eigenvalue weighted by Gasteiger charge is 2.33. The SMILES string of the molecule is CC(O)(C(=O)NCc1nc2ccccc2c(=O)[nH]1)c1cccs1. The number of carbonyl (C=O) groups is 1. The first kappa shape index (κ1) is 15.4. The number of H-pyrrole nitrogens is 1. The molecule has 3 N–H and O–H groups in total. The molecule has 23 heavy (non-hydrogen) atoms. The molecule has 0 saturated heterocycles. The number of hydrogen-bond acceptors (Lipinski definition) is 5. The molecular weight excluding hydrogens is 314 g/mol. The van der Waals surface area contributed by atoms with Crippen LogP contribution in [0.1, 0.15) is 17.6 Å². The maximum Gasteiger partial charge on any atom is 0.258 e. The molecule has 0 aliphatic heterocycles. The number of aliphatic hydroxyl groups is 1. The first-order valence-corrected chi connectivity index (χ1v) is 7.89. The van der Waals surface area contributed by atoms with Crippen molar-refractivity contribution in [3.05, 3.63) is 62.8 Å². The Bertz CT molecular complexity index is 900. The number of thiophene rings is 1. The van der Waals surface area contributed by atoms with Crippen LogP contribution in [-0.4, -0.2) is 21.0 Å². The standard InChI is InChI=1S/C16H15N3O3S/c1-16(22,12-7-4-8-23-12)15(21)17-9-13-18-11-6-3-2-5-10(11)14(20)19-13/h2-8,22H,9H2,1H3,(H,17,21)(H,18,19,20). The number of rotatable bonds is 4. The van der Waals surface area contributed by atoms with Gasteiger partial charge in [0.15, 0.2) is 5.60 Å². The lowest BCUT2D eigenvalue weighted by atomic mass is 10.0. The third kappa shape index (κ3) is 3.01. The second-order valence-corrected chi connectivity index (χ2v) is 6.21. The minimum absolute atomic E-state index is 0.0282. The second kappa shape index (κ2) is 5.94. The van der Waals surface area contributed by atoms with E-state index in [-0.39, 0.29) is 12.1 Å². The highest BCUT2D eigenvalue weighted by Crippen LogP contribution is 2.25. The zero-order chi connectivity index (χ0) is 16.4. The van der Waals surface area contributed by atoms with Crippen molar-refractivity contribution < 1.29 is 9.90 Å². The Hall–Kier alpha value is -2.51. The number of carbonyl (C=O) groups excluding carboxylic acids is 1. The molecule has 0 fully saturated rings. The first-order chi connectivity index (χ1) is 11.0. The molecule has 2 aromatic heterocycles. The minimum atomic E-state index is -1.62. The van der Waals surface area contributed by atoms with Crippen molar-refractivity contribution in [1.82, 2.24) is 15.3 Å². The highest BCUT2D eigenvalue weighted by molar-refractivity contribution is 7.10. The van der Waals surface area contributed by atoms with Gasteiger partial charge in [0.05, 0.1) is 17.4 Å². The Labute approximate surface area is 135 Å². The van der Waals surface area contributed by atoms with E-state index in [1.54, 1.807) is 41.8 Å². The Morgan fingerprint density at radius 2 is 2.13 bits per heavy atom. The quantitative estimate of drug-likeness (QED) is 0.676. The summed E-state index contributed by atoms with van der Waals surface area (Å²) in [6.45, 7) is 1.46. The molecule has 0 aliphatic carbocycles. The number of nitrogens with one attached hydrogen (secondary N) is 2. The molecule has 2 heterocycles. The van der Waals surface area contributed by atoms with Gasteiger partial charge in [-0.3, -0.25) is 9.59 Å². The summed E-state index contributed by atoms with van der Waals surface area (Å²) in [6.07, 6.45) is 0.